The molecule has 0 aliphatic carbocycles. The number of piperidine rings is 1. The molecule has 1 aliphatic heterocycles. The Kier molecular flexibility index (Phi) is 5.50. The lowest BCUT2D eigenvalue weighted by Gasteiger charge is -2.19. The monoisotopic (exact) mass is 241 g/mol. The Morgan fingerprint density at radius 2 is 2.12 bits per heavy atom. The molecule has 0 amide bonds. The van der Waals surface area contributed by atoms with E-state index in [0.29, 0.717) is 11.5 Å². The first kappa shape index (κ1) is 13.2. The molecule has 16 heavy (non-hydrogen) atoms. The second kappa shape index (κ2) is 6.66. The minimum atomic E-state index is -0.141. The van der Waals surface area contributed by atoms with Crippen molar-refractivity contribution in [3.63, 3.8) is 0 Å². The fourth-order valence-corrected chi connectivity index (χ4v) is 1.89. The van der Waals surface area contributed by atoms with Gasteiger partial charge in [0.2, 0.25) is 0 Å². The highest BCUT2D eigenvalue weighted by Crippen LogP contribution is 2.15. The van der Waals surface area contributed by atoms with E-state index in [1.807, 2.05) is 18.2 Å². The van der Waals surface area contributed by atoms with Gasteiger partial charge in [0, 0.05) is 12.1 Å². The van der Waals surface area contributed by atoms with E-state index in [2.05, 4.69) is 11.4 Å². The largest absolute Gasteiger partial charge is 0.316 e. The molecule has 0 saturated carbocycles. The van der Waals surface area contributed by atoms with Crippen molar-refractivity contribution in [1.29, 1.82) is 0 Å². The minimum Gasteiger partial charge on any atom is -0.316 e. The lowest BCUT2D eigenvalue weighted by atomic mass is 9.98. The van der Waals surface area contributed by atoms with E-state index in [-0.39, 0.29) is 18.2 Å². The summed E-state index contributed by atoms with van der Waals surface area (Å²) in [4.78, 5) is 0. The van der Waals surface area contributed by atoms with Crippen molar-refractivity contribution in [2.45, 2.75) is 12.8 Å². The highest BCUT2D eigenvalue weighted by Gasteiger charge is 2.09. The highest BCUT2D eigenvalue weighted by atomic mass is 35.5. The Morgan fingerprint density at radius 1 is 1.31 bits per heavy atom. The molecule has 0 bridgehead atoms. The smallest absolute Gasteiger partial charge is 0.130 e. The molecule has 0 spiro atoms. The molecule has 88 valence electrons. The van der Waals surface area contributed by atoms with Crippen molar-refractivity contribution in [2.75, 3.05) is 13.1 Å². The van der Waals surface area contributed by atoms with Gasteiger partial charge in [-0.3, -0.25) is 0 Å². The van der Waals surface area contributed by atoms with E-state index in [1.165, 1.54) is 18.9 Å². The van der Waals surface area contributed by atoms with Crippen molar-refractivity contribution in [3.8, 4) is 0 Å². The molecule has 1 fully saturated rings. The zero-order chi connectivity index (χ0) is 10.5. The van der Waals surface area contributed by atoms with Gasteiger partial charge in [0.1, 0.15) is 5.82 Å². The van der Waals surface area contributed by atoms with Crippen LogP contribution in [0.15, 0.2) is 30.3 Å². The summed E-state index contributed by atoms with van der Waals surface area (Å²) < 4.78 is 13.3. The predicted molar refractivity (Wildman–Crippen MR) is 68.3 cm³/mol. The summed E-state index contributed by atoms with van der Waals surface area (Å²) in [6.07, 6.45) is 6.43. The quantitative estimate of drug-likeness (QED) is 0.838. The molecule has 1 unspecified atom stereocenters. The molecular weight excluding hydrogens is 225 g/mol. The first-order chi connectivity index (χ1) is 7.36. The Balaban J connectivity index is 0.00000128. The third-order valence-electron chi connectivity index (χ3n) is 2.79. The fourth-order valence-electron chi connectivity index (χ4n) is 1.89. The maximum Gasteiger partial charge on any atom is 0.130 e. The Bertz CT molecular complexity index is 346. The van der Waals surface area contributed by atoms with Crippen LogP contribution in [-0.4, -0.2) is 13.1 Å². The highest BCUT2D eigenvalue weighted by molar-refractivity contribution is 5.85. The van der Waals surface area contributed by atoms with Gasteiger partial charge in [-0.2, -0.15) is 0 Å². The molecule has 0 radical (unpaired) electrons. The lowest BCUT2D eigenvalue weighted by Crippen LogP contribution is -2.28. The zero-order valence-electron chi connectivity index (χ0n) is 9.16. The first-order valence-corrected chi connectivity index (χ1v) is 5.50. The molecule has 1 heterocycles. The van der Waals surface area contributed by atoms with Crippen LogP contribution in [-0.2, 0) is 0 Å². The summed E-state index contributed by atoms with van der Waals surface area (Å²) in [5.41, 5.74) is 0.683. The van der Waals surface area contributed by atoms with Crippen molar-refractivity contribution >= 4 is 18.5 Å². The van der Waals surface area contributed by atoms with E-state index in [0.717, 1.165) is 13.1 Å². The van der Waals surface area contributed by atoms with E-state index in [9.17, 15) is 4.39 Å². The molecule has 1 N–H and O–H groups in total. The lowest BCUT2D eigenvalue weighted by molar-refractivity contribution is 0.439. The molecule has 0 aromatic heterocycles. The molecule has 1 aromatic carbocycles. The molecule has 2 rings (SSSR count). The van der Waals surface area contributed by atoms with E-state index in [4.69, 9.17) is 0 Å². The fraction of sp³-hybridized carbons (Fsp3) is 0.385. The van der Waals surface area contributed by atoms with Crippen molar-refractivity contribution in [1.82, 2.24) is 5.32 Å². The molecule has 1 saturated heterocycles. The third-order valence-corrected chi connectivity index (χ3v) is 2.79. The Labute approximate surface area is 102 Å². The van der Waals surface area contributed by atoms with Gasteiger partial charge in [-0.15, -0.1) is 12.4 Å². The molecule has 1 aliphatic rings. The SMILES string of the molecule is Cl.Fc1ccccc1/C=C/C1CCCNC1. The summed E-state index contributed by atoms with van der Waals surface area (Å²) in [6.45, 7) is 2.13. The average molecular weight is 242 g/mol. The van der Waals surface area contributed by atoms with E-state index < -0.39 is 0 Å². The zero-order valence-corrected chi connectivity index (χ0v) is 9.97. The van der Waals surface area contributed by atoms with Crippen LogP contribution >= 0.6 is 12.4 Å². The van der Waals surface area contributed by atoms with Gasteiger partial charge in [0.25, 0.3) is 0 Å². The van der Waals surface area contributed by atoms with Crippen molar-refractivity contribution < 1.29 is 4.39 Å². The van der Waals surface area contributed by atoms with Gasteiger partial charge in [-0.05, 0) is 31.4 Å². The average Bonchev–Trinajstić information content (AvgIpc) is 2.29. The van der Waals surface area contributed by atoms with Gasteiger partial charge in [-0.25, -0.2) is 4.39 Å². The van der Waals surface area contributed by atoms with E-state index >= 15 is 0 Å². The normalized spacial score (nSPS) is 20.7. The van der Waals surface area contributed by atoms with Crippen molar-refractivity contribution in [2.24, 2.45) is 5.92 Å². The molecule has 3 heteroatoms. The van der Waals surface area contributed by atoms with E-state index in [1.54, 1.807) is 6.07 Å². The summed E-state index contributed by atoms with van der Waals surface area (Å²) in [5.74, 6) is 0.413. The topological polar surface area (TPSA) is 12.0 Å². The first-order valence-electron chi connectivity index (χ1n) is 5.50. The van der Waals surface area contributed by atoms with Gasteiger partial charge in [-0.1, -0.05) is 30.4 Å². The molecule has 1 nitrogen and oxygen atoms in total. The van der Waals surface area contributed by atoms with Gasteiger partial charge in [0.05, 0.1) is 0 Å². The summed E-state index contributed by atoms with van der Waals surface area (Å²) in [6, 6.07) is 6.89. The number of nitrogens with one attached hydrogen (secondary N) is 1. The summed E-state index contributed by atoms with van der Waals surface area (Å²) in [7, 11) is 0. The van der Waals surface area contributed by atoms with Crippen LogP contribution in [0.1, 0.15) is 18.4 Å². The third kappa shape index (κ3) is 3.62. The number of hydrogen-bond donors (Lipinski definition) is 1. The summed E-state index contributed by atoms with van der Waals surface area (Å²) in [5, 5.41) is 3.34. The number of benzene rings is 1. The molecule has 1 atom stereocenters. The van der Waals surface area contributed by atoms with Gasteiger partial charge >= 0.3 is 0 Å². The van der Waals surface area contributed by atoms with Crippen LogP contribution in [0.4, 0.5) is 4.39 Å². The van der Waals surface area contributed by atoms with Crippen LogP contribution < -0.4 is 5.32 Å². The summed E-state index contributed by atoms with van der Waals surface area (Å²) >= 11 is 0. The maximum atomic E-state index is 13.3. The second-order valence-corrected chi connectivity index (χ2v) is 3.99. The number of hydrogen-bond acceptors (Lipinski definition) is 1. The maximum absolute atomic E-state index is 13.3. The van der Waals surface area contributed by atoms with Crippen molar-refractivity contribution in [3.05, 3.63) is 41.7 Å². The van der Waals surface area contributed by atoms with Crippen LogP contribution in [0.25, 0.3) is 6.08 Å². The number of halogens is 2. The second-order valence-electron chi connectivity index (χ2n) is 3.99. The van der Waals surface area contributed by atoms with Crippen LogP contribution in [0.3, 0.4) is 0 Å². The van der Waals surface area contributed by atoms with Crippen LogP contribution in [0.2, 0.25) is 0 Å². The standard InChI is InChI=1S/C13H16FN.ClH/c14-13-6-2-1-5-12(13)8-7-11-4-3-9-15-10-11;/h1-2,5-8,11,15H,3-4,9-10H2;1H/b8-7+;. The Hall–Kier alpha value is -0.860. The van der Waals surface area contributed by atoms with Crippen LogP contribution in [0, 0.1) is 11.7 Å². The predicted octanol–water partition coefficient (Wildman–Crippen LogP) is 3.26. The molecular formula is C13H17ClFN. The number of rotatable bonds is 2. The Morgan fingerprint density at radius 3 is 2.81 bits per heavy atom. The molecule has 1 aromatic rings. The van der Waals surface area contributed by atoms with Crippen LogP contribution in [0.5, 0.6) is 0 Å². The van der Waals surface area contributed by atoms with Gasteiger partial charge in [0.15, 0.2) is 0 Å². The van der Waals surface area contributed by atoms with Gasteiger partial charge < -0.3 is 5.32 Å². The minimum absolute atomic E-state index is 0.